The molecule has 24 heavy (non-hydrogen) atoms. The van der Waals surface area contributed by atoms with E-state index in [9.17, 15) is 4.79 Å². The van der Waals surface area contributed by atoms with Crippen LogP contribution in [0, 0.1) is 0 Å². The fraction of sp³-hybridized carbons (Fsp3) is 0.316. The van der Waals surface area contributed by atoms with Crippen LogP contribution in [0.25, 0.3) is 0 Å². The predicted molar refractivity (Wildman–Crippen MR) is 87.5 cm³/mol. The van der Waals surface area contributed by atoms with E-state index in [4.69, 9.17) is 18.9 Å². The molecule has 1 aliphatic heterocycles. The summed E-state index contributed by atoms with van der Waals surface area (Å²) in [5, 5.41) is 0. The summed E-state index contributed by atoms with van der Waals surface area (Å²) in [6.45, 7) is 0.233. The summed E-state index contributed by atoms with van der Waals surface area (Å²) >= 11 is 0. The van der Waals surface area contributed by atoms with Crippen molar-refractivity contribution in [1.29, 1.82) is 0 Å². The number of carbonyl (C=O) groups is 1. The van der Waals surface area contributed by atoms with Crippen LogP contribution in [0.15, 0.2) is 30.3 Å². The second-order valence-corrected chi connectivity index (χ2v) is 5.93. The molecular weight excluding hydrogens is 308 g/mol. The Hall–Kier alpha value is -2.69. The fourth-order valence-corrected chi connectivity index (χ4v) is 3.42. The Kier molecular flexibility index (Phi) is 3.56. The summed E-state index contributed by atoms with van der Waals surface area (Å²) in [5.41, 5.74) is 2.68. The lowest BCUT2D eigenvalue weighted by molar-refractivity contribution is 0.0945. The highest BCUT2D eigenvalue weighted by Crippen LogP contribution is 2.41. The van der Waals surface area contributed by atoms with Gasteiger partial charge in [-0.3, -0.25) is 4.79 Å². The second kappa shape index (κ2) is 5.74. The first-order valence-corrected chi connectivity index (χ1v) is 7.90. The normalized spacial score (nSPS) is 18.2. The minimum Gasteiger partial charge on any atom is -0.493 e. The average molecular weight is 326 g/mol. The van der Waals surface area contributed by atoms with Crippen molar-refractivity contribution >= 4 is 5.78 Å². The molecule has 0 spiro atoms. The Labute approximate surface area is 140 Å². The minimum atomic E-state index is -0.176. The van der Waals surface area contributed by atoms with Crippen molar-refractivity contribution in [3.63, 3.8) is 0 Å². The Balaban J connectivity index is 1.71. The molecule has 0 bridgehead atoms. The maximum absolute atomic E-state index is 13.0. The number of aryl methyl sites for hydroxylation is 1. The van der Waals surface area contributed by atoms with Gasteiger partial charge in [0.15, 0.2) is 28.8 Å². The number of carbonyl (C=O) groups excluding carboxylic acids is 1. The van der Waals surface area contributed by atoms with Crippen molar-refractivity contribution in [2.24, 2.45) is 0 Å². The Morgan fingerprint density at radius 1 is 1.00 bits per heavy atom. The summed E-state index contributed by atoms with van der Waals surface area (Å²) in [7, 11) is 3.18. The van der Waals surface area contributed by atoms with Crippen LogP contribution in [-0.4, -0.2) is 26.8 Å². The van der Waals surface area contributed by atoms with Crippen molar-refractivity contribution in [3.8, 4) is 23.0 Å². The van der Waals surface area contributed by atoms with Crippen LogP contribution in [0.1, 0.15) is 33.8 Å². The monoisotopic (exact) mass is 326 g/mol. The maximum Gasteiger partial charge on any atom is 0.231 e. The Morgan fingerprint density at radius 2 is 1.75 bits per heavy atom. The smallest absolute Gasteiger partial charge is 0.231 e. The molecule has 124 valence electrons. The zero-order chi connectivity index (χ0) is 16.7. The van der Waals surface area contributed by atoms with Gasteiger partial charge in [0, 0.05) is 11.5 Å². The summed E-state index contributed by atoms with van der Waals surface area (Å²) < 4.78 is 21.4. The van der Waals surface area contributed by atoms with Crippen molar-refractivity contribution in [1.82, 2.24) is 0 Å². The highest BCUT2D eigenvalue weighted by atomic mass is 16.7. The summed E-state index contributed by atoms with van der Waals surface area (Å²) in [6.07, 6.45) is 1.58. The van der Waals surface area contributed by atoms with E-state index in [2.05, 4.69) is 0 Å². The second-order valence-electron chi connectivity index (χ2n) is 5.93. The summed E-state index contributed by atoms with van der Waals surface area (Å²) in [5.74, 6) is 2.61. The van der Waals surface area contributed by atoms with Crippen molar-refractivity contribution in [3.05, 3.63) is 47.0 Å². The fourth-order valence-electron chi connectivity index (χ4n) is 3.42. The van der Waals surface area contributed by atoms with Gasteiger partial charge in [0.05, 0.1) is 14.2 Å². The molecule has 2 aliphatic rings. The molecule has 2 aromatic rings. The zero-order valence-electron chi connectivity index (χ0n) is 13.6. The summed E-state index contributed by atoms with van der Waals surface area (Å²) in [6, 6.07) is 9.42. The van der Waals surface area contributed by atoms with Crippen LogP contribution in [0.5, 0.6) is 23.0 Å². The number of Topliss-reactive ketones (excluding diaryl/α,β-unsaturated/α-hetero) is 1. The molecule has 0 N–H and O–H groups in total. The van der Waals surface area contributed by atoms with Crippen LogP contribution < -0.4 is 18.9 Å². The topological polar surface area (TPSA) is 54.0 Å². The molecular formula is C19H18O5. The van der Waals surface area contributed by atoms with Crippen molar-refractivity contribution < 1.29 is 23.7 Å². The number of ketones is 1. The van der Waals surface area contributed by atoms with Gasteiger partial charge in [0.2, 0.25) is 6.79 Å². The van der Waals surface area contributed by atoms with Gasteiger partial charge >= 0.3 is 0 Å². The number of methoxy groups -OCH3 is 2. The van der Waals surface area contributed by atoms with Gasteiger partial charge in [-0.15, -0.1) is 0 Å². The maximum atomic E-state index is 13.0. The molecule has 5 nitrogen and oxygen atoms in total. The van der Waals surface area contributed by atoms with E-state index >= 15 is 0 Å². The lowest BCUT2D eigenvalue weighted by Gasteiger charge is -2.25. The first-order valence-electron chi connectivity index (χ1n) is 7.90. The van der Waals surface area contributed by atoms with Gasteiger partial charge in [0.25, 0.3) is 0 Å². The molecule has 2 aromatic carbocycles. The quantitative estimate of drug-likeness (QED) is 0.866. The van der Waals surface area contributed by atoms with Crippen LogP contribution in [0.4, 0.5) is 0 Å². The third kappa shape index (κ3) is 2.28. The Morgan fingerprint density at radius 3 is 2.54 bits per heavy atom. The third-order valence-corrected chi connectivity index (χ3v) is 4.69. The molecule has 0 fully saturated rings. The zero-order valence-corrected chi connectivity index (χ0v) is 13.6. The minimum absolute atomic E-state index is 0.107. The van der Waals surface area contributed by atoms with Crippen molar-refractivity contribution in [2.45, 2.75) is 18.8 Å². The van der Waals surface area contributed by atoms with E-state index in [1.54, 1.807) is 20.3 Å². The molecule has 1 heterocycles. The van der Waals surface area contributed by atoms with E-state index < -0.39 is 0 Å². The number of benzene rings is 2. The first kappa shape index (κ1) is 14.9. The van der Waals surface area contributed by atoms with E-state index in [0.717, 1.165) is 29.7 Å². The van der Waals surface area contributed by atoms with Crippen LogP contribution in [0.2, 0.25) is 0 Å². The molecule has 0 unspecified atom stereocenters. The van der Waals surface area contributed by atoms with E-state index in [-0.39, 0.29) is 18.5 Å². The van der Waals surface area contributed by atoms with Crippen LogP contribution in [-0.2, 0) is 6.42 Å². The number of fused-ring (bicyclic) bond motifs is 2. The van der Waals surface area contributed by atoms with Gasteiger partial charge in [-0.05, 0) is 48.2 Å². The van der Waals surface area contributed by atoms with Gasteiger partial charge in [-0.25, -0.2) is 0 Å². The average Bonchev–Trinajstić information content (AvgIpc) is 3.08. The SMILES string of the molecule is COc1cc2c(cc1OC)C(=O)[C@H](c1ccc3c(c1)OCO3)CC2. The molecule has 0 radical (unpaired) electrons. The molecule has 0 saturated heterocycles. The molecule has 0 aromatic heterocycles. The van der Waals surface area contributed by atoms with Gasteiger partial charge in [-0.2, -0.15) is 0 Å². The highest BCUT2D eigenvalue weighted by Gasteiger charge is 2.31. The van der Waals surface area contributed by atoms with E-state index in [1.807, 2.05) is 24.3 Å². The Bertz CT molecular complexity index is 812. The van der Waals surface area contributed by atoms with Crippen molar-refractivity contribution in [2.75, 3.05) is 21.0 Å². The lowest BCUT2D eigenvalue weighted by Crippen LogP contribution is -2.21. The van der Waals surface area contributed by atoms with E-state index in [1.165, 1.54) is 0 Å². The lowest BCUT2D eigenvalue weighted by atomic mass is 9.79. The largest absolute Gasteiger partial charge is 0.493 e. The number of ether oxygens (including phenoxy) is 4. The molecule has 0 amide bonds. The number of hydrogen-bond donors (Lipinski definition) is 0. The standard InChI is InChI=1S/C19H18O5/c1-21-16-7-12-3-5-13(19(20)14(12)9-17(16)22-2)11-4-6-15-18(8-11)24-10-23-15/h4,6-9,13H,3,5,10H2,1-2H3/t13-/m0/s1. The number of hydrogen-bond acceptors (Lipinski definition) is 5. The first-order chi connectivity index (χ1) is 11.7. The molecule has 5 heteroatoms. The highest BCUT2D eigenvalue weighted by molar-refractivity contribution is 6.03. The predicted octanol–water partition coefficient (Wildman–Crippen LogP) is 3.35. The molecule has 4 rings (SSSR count). The van der Waals surface area contributed by atoms with Gasteiger partial charge < -0.3 is 18.9 Å². The summed E-state index contributed by atoms with van der Waals surface area (Å²) in [4.78, 5) is 13.0. The van der Waals surface area contributed by atoms with Crippen LogP contribution >= 0.6 is 0 Å². The number of rotatable bonds is 3. The van der Waals surface area contributed by atoms with Gasteiger partial charge in [0.1, 0.15) is 0 Å². The molecule has 1 aliphatic carbocycles. The third-order valence-electron chi connectivity index (χ3n) is 4.69. The van der Waals surface area contributed by atoms with Crippen LogP contribution in [0.3, 0.4) is 0 Å². The van der Waals surface area contributed by atoms with Gasteiger partial charge in [-0.1, -0.05) is 6.07 Å². The molecule has 0 saturated carbocycles. The molecule has 1 atom stereocenters. The van der Waals surface area contributed by atoms with E-state index in [0.29, 0.717) is 22.8 Å².